The van der Waals surface area contributed by atoms with Crippen molar-refractivity contribution in [3.8, 4) is 11.5 Å². The third-order valence-corrected chi connectivity index (χ3v) is 6.77. The number of carbonyl (C=O) groups excluding carboxylic acids is 3. The molecule has 1 aromatic carbocycles. The van der Waals surface area contributed by atoms with E-state index in [1.165, 1.54) is 0 Å². The SMILES string of the molecule is O=C(CN1CCCC1c1ccc2c(c1)OCCO2)NN1C(=O)NC2(CCCCC2)C1=O. The van der Waals surface area contributed by atoms with Crippen molar-refractivity contribution in [3.05, 3.63) is 23.8 Å². The van der Waals surface area contributed by atoms with Gasteiger partial charge >= 0.3 is 6.03 Å². The van der Waals surface area contributed by atoms with Crippen molar-refractivity contribution in [2.45, 2.75) is 56.5 Å². The molecule has 9 heteroatoms. The summed E-state index contributed by atoms with van der Waals surface area (Å²) in [5, 5.41) is 3.69. The number of hydrogen-bond donors (Lipinski definition) is 2. The molecule has 5 rings (SSSR count). The van der Waals surface area contributed by atoms with Crippen molar-refractivity contribution >= 4 is 17.8 Å². The zero-order valence-electron chi connectivity index (χ0n) is 17.5. The van der Waals surface area contributed by atoms with Crippen LogP contribution < -0.4 is 20.2 Å². The van der Waals surface area contributed by atoms with E-state index < -0.39 is 11.6 Å². The van der Waals surface area contributed by atoms with Crippen LogP contribution in [0, 0.1) is 0 Å². The summed E-state index contributed by atoms with van der Waals surface area (Å²) in [6.45, 7) is 1.96. The molecule has 4 amide bonds. The first-order valence-electron chi connectivity index (χ1n) is 11.2. The van der Waals surface area contributed by atoms with Crippen molar-refractivity contribution in [1.82, 2.24) is 20.7 Å². The fourth-order valence-electron chi connectivity index (χ4n) is 5.22. The number of nitrogens with one attached hydrogen (secondary N) is 2. The van der Waals surface area contributed by atoms with Gasteiger partial charge in [-0.25, -0.2) is 4.79 Å². The normalized spacial score (nSPS) is 25.0. The lowest BCUT2D eigenvalue weighted by atomic mass is 9.82. The molecule has 2 saturated heterocycles. The molecule has 2 N–H and O–H groups in total. The molecule has 4 aliphatic rings. The number of carbonyl (C=O) groups is 3. The quantitative estimate of drug-likeness (QED) is 0.711. The Kier molecular flexibility index (Phi) is 5.21. The number of hydrazine groups is 1. The summed E-state index contributed by atoms with van der Waals surface area (Å²) in [7, 11) is 0. The topological polar surface area (TPSA) is 100 Å². The lowest BCUT2D eigenvalue weighted by Gasteiger charge is -2.30. The maximum Gasteiger partial charge on any atom is 0.344 e. The van der Waals surface area contributed by atoms with Crippen molar-refractivity contribution in [2.24, 2.45) is 0 Å². The van der Waals surface area contributed by atoms with E-state index in [1.54, 1.807) is 0 Å². The summed E-state index contributed by atoms with van der Waals surface area (Å²) in [6.07, 6.45) is 6.02. The maximum atomic E-state index is 12.9. The van der Waals surface area contributed by atoms with Crippen LogP contribution in [0.25, 0.3) is 0 Å². The zero-order valence-corrected chi connectivity index (χ0v) is 17.5. The minimum Gasteiger partial charge on any atom is -0.486 e. The number of rotatable bonds is 4. The van der Waals surface area contributed by atoms with E-state index >= 15 is 0 Å². The monoisotopic (exact) mass is 428 g/mol. The summed E-state index contributed by atoms with van der Waals surface area (Å²) in [6, 6.07) is 5.45. The highest BCUT2D eigenvalue weighted by atomic mass is 16.6. The number of amides is 4. The third kappa shape index (κ3) is 3.71. The average Bonchev–Trinajstić information content (AvgIpc) is 3.32. The molecule has 0 bridgehead atoms. The lowest BCUT2D eigenvalue weighted by molar-refractivity contribution is -0.140. The van der Waals surface area contributed by atoms with Crippen LogP contribution in [0.2, 0.25) is 0 Å². The average molecular weight is 428 g/mol. The van der Waals surface area contributed by atoms with Gasteiger partial charge in [-0.3, -0.25) is 19.9 Å². The molecule has 1 unspecified atom stereocenters. The summed E-state index contributed by atoms with van der Waals surface area (Å²) < 4.78 is 11.3. The van der Waals surface area contributed by atoms with Gasteiger partial charge in [0, 0.05) is 6.04 Å². The van der Waals surface area contributed by atoms with Gasteiger partial charge in [0.2, 0.25) is 0 Å². The Balaban J connectivity index is 1.24. The Morgan fingerprint density at radius 1 is 1.10 bits per heavy atom. The largest absolute Gasteiger partial charge is 0.486 e. The first kappa shape index (κ1) is 20.1. The molecule has 31 heavy (non-hydrogen) atoms. The molecule has 3 fully saturated rings. The van der Waals surface area contributed by atoms with E-state index in [0.29, 0.717) is 26.1 Å². The van der Waals surface area contributed by atoms with E-state index in [9.17, 15) is 14.4 Å². The van der Waals surface area contributed by atoms with Crippen LogP contribution in [0.5, 0.6) is 11.5 Å². The number of likely N-dealkylation sites (tertiary alicyclic amines) is 1. The number of nitrogens with zero attached hydrogens (tertiary/aromatic N) is 2. The van der Waals surface area contributed by atoms with Crippen molar-refractivity contribution in [2.75, 3.05) is 26.3 Å². The van der Waals surface area contributed by atoms with Crippen LogP contribution in [0.15, 0.2) is 18.2 Å². The van der Waals surface area contributed by atoms with Crippen LogP contribution in [-0.4, -0.2) is 59.6 Å². The molecule has 9 nitrogen and oxygen atoms in total. The predicted molar refractivity (Wildman–Crippen MR) is 110 cm³/mol. The summed E-state index contributed by atoms with van der Waals surface area (Å²) >= 11 is 0. The lowest BCUT2D eigenvalue weighted by Crippen LogP contribution is -2.52. The number of ether oxygens (including phenoxy) is 2. The number of imide groups is 1. The van der Waals surface area contributed by atoms with Gasteiger partial charge in [0.15, 0.2) is 11.5 Å². The van der Waals surface area contributed by atoms with Crippen LogP contribution in [0.3, 0.4) is 0 Å². The van der Waals surface area contributed by atoms with Gasteiger partial charge in [-0.1, -0.05) is 25.3 Å². The second-order valence-electron chi connectivity index (χ2n) is 8.78. The molecule has 0 aromatic heterocycles. The molecule has 1 spiro atoms. The van der Waals surface area contributed by atoms with Crippen molar-refractivity contribution in [1.29, 1.82) is 0 Å². The molecule has 3 heterocycles. The van der Waals surface area contributed by atoms with Gasteiger partial charge in [0.25, 0.3) is 11.8 Å². The molecule has 1 atom stereocenters. The van der Waals surface area contributed by atoms with Gasteiger partial charge in [-0.15, -0.1) is 0 Å². The summed E-state index contributed by atoms with van der Waals surface area (Å²) in [4.78, 5) is 40.1. The van der Waals surface area contributed by atoms with Crippen LogP contribution in [0.1, 0.15) is 56.6 Å². The van der Waals surface area contributed by atoms with Crippen LogP contribution in [0.4, 0.5) is 4.79 Å². The third-order valence-electron chi connectivity index (χ3n) is 6.77. The van der Waals surface area contributed by atoms with E-state index in [0.717, 1.165) is 60.7 Å². The molecule has 3 aliphatic heterocycles. The molecule has 166 valence electrons. The summed E-state index contributed by atoms with van der Waals surface area (Å²) in [5.41, 5.74) is 2.78. The minimum absolute atomic E-state index is 0.0781. The Morgan fingerprint density at radius 3 is 2.68 bits per heavy atom. The zero-order chi connectivity index (χ0) is 21.4. The smallest absolute Gasteiger partial charge is 0.344 e. The van der Waals surface area contributed by atoms with E-state index in [-0.39, 0.29) is 24.4 Å². The Hall–Kier alpha value is -2.81. The number of hydrogen-bond acceptors (Lipinski definition) is 6. The number of fused-ring (bicyclic) bond motifs is 1. The molecular formula is C22H28N4O5. The fourth-order valence-corrected chi connectivity index (χ4v) is 5.22. The minimum atomic E-state index is -0.843. The highest BCUT2D eigenvalue weighted by Gasteiger charge is 2.52. The second-order valence-corrected chi connectivity index (χ2v) is 8.78. The highest BCUT2D eigenvalue weighted by Crippen LogP contribution is 2.38. The fraction of sp³-hybridized carbons (Fsp3) is 0.591. The highest BCUT2D eigenvalue weighted by molar-refractivity contribution is 6.08. The summed E-state index contributed by atoms with van der Waals surface area (Å²) in [5.74, 6) is 0.779. The Morgan fingerprint density at radius 2 is 1.87 bits per heavy atom. The molecule has 0 radical (unpaired) electrons. The van der Waals surface area contributed by atoms with E-state index in [1.807, 2.05) is 18.2 Å². The van der Waals surface area contributed by atoms with Crippen LogP contribution >= 0.6 is 0 Å². The first-order chi connectivity index (χ1) is 15.1. The Bertz CT molecular complexity index is 898. The first-order valence-corrected chi connectivity index (χ1v) is 11.2. The molecule has 1 aromatic rings. The van der Waals surface area contributed by atoms with E-state index in [4.69, 9.17) is 9.47 Å². The maximum absolute atomic E-state index is 12.9. The van der Waals surface area contributed by atoms with Gasteiger partial charge in [-0.05, 0) is 49.9 Å². The molecular weight excluding hydrogens is 400 g/mol. The van der Waals surface area contributed by atoms with Gasteiger partial charge in [-0.2, -0.15) is 5.01 Å². The second kappa shape index (κ2) is 8.03. The van der Waals surface area contributed by atoms with Gasteiger partial charge < -0.3 is 14.8 Å². The van der Waals surface area contributed by atoms with Crippen molar-refractivity contribution < 1.29 is 23.9 Å². The number of benzene rings is 1. The molecule has 1 aliphatic carbocycles. The standard InChI is InChI=1S/C22H28N4O5/c27-19(24-26-20(28)22(23-21(26)29)8-2-1-3-9-22)14-25-10-4-5-16(25)15-6-7-17-18(13-15)31-12-11-30-17/h6-7,13,16H,1-5,8-12,14H2,(H,23,29)(H,24,27). The predicted octanol–water partition coefficient (Wildman–Crippen LogP) is 1.88. The Labute approximate surface area is 181 Å². The number of urea groups is 1. The van der Waals surface area contributed by atoms with Gasteiger partial charge in [0.1, 0.15) is 18.8 Å². The van der Waals surface area contributed by atoms with E-state index in [2.05, 4.69) is 15.6 Å². The molecule has 1 saturated carbocycles. The van der Waals surface area contributed by atoms with Crippen molar-refractivity contribution in [3.63, 3.8) is 0 Å². The van der Waals surface area contributed by atoms with Crippen LogP contribution in [-0.2, 0) is 9.59 Å². The van der Waals surface area contributed by atoms with Gasteiger partial charge in [0.05, 0.1) is 6.54 Å².